The van der Waals surface area contributed by atoms with E-state index in [9.17, 15) is 13.2 Å². The van der Waals surface area contributed by atoms with Gasteiger partial charge in [0, 0.05) is 28.9 Å². The summed E-state index contributed by atoms with van der Waals surface area (Å²) in [4.78, 5) is 14.9. The number of fused-ring (bicyclic) bond motifs is 1. The summed E-state index contributed by atoms with van der Waals surface area (Å²) < 4.78 is 23.9. The Kier molecular flexibility index (Phi) is 6.81. The average molecular weight is 470 g/mol. The highest BCUT2D eigenvalue weighted by atomic mass is 32.2. The highest BCUT2D eigenvalue weighted by molar-refractivity contribution is 8.00. The molecule has 0 unspecified atom stereocenters. The number of sulfone groups is 1. The van der Waals surface area contributed by atoms with Crippen LogP contribution in [0, 0.1) is 5.92 Å². The molecule has 1 saturated heterocycles. The van der Waals surface area contributed by atoms with Gasteiger partial charge < -0.3 is 4.90 Å². The van der Waals surface area contributed by atoms with E-state index >= 15 is 0 Å². The van der Waals surface area contributed by atoms with Crippen LogP contribution in [0.15, 0.2) is 59.6 Å². The largest absolute Gasteiger partial charge is 0.338 e. The summed E-state index contributed by atoms with van der Waals surface area (Å²) in [6, 6.07) is 17.6. The Hall–Kier alpha value is -2.45. The van der Waals surface area contributed by atoms with Crippen LogP contribution < -0.4 is 0 Å². The Morgan fingerprint density at radius 2 is 1.75 bits per heavy atom. The number of benzene rings is 2. The first kappa shape index (κ1) is 22.7. The minimum atomic E-state index is -3.06. The maximum absolute atomic E-state index is 13.1. The lowest BCUT2D eigenvalue weighted by Gasteiger charge is -2.30. The normalized spacial score (nSPS) is 17.7. The smallest absolute Gasteiger partial charge is 0.233 e. The molecule has 1 aromatic heterocycles. The van der Waals surface area contributed by atoms with Gasteiger partial charge in [-0.15, -0.1) is 10.2 Å². The van der Waals surface area contributed by atoms with Gasteiger partial charge in [-0.1, -0.05) is 80.2 Å². The second-order valence-electron chi connectivity index (χ2n) is 8.55. The van der Waals surface area contributed by atoms with E-state index in [4.69, 9.17) is 0 Å². The standard InChI is InChI=1S/C24H27N3O3S2/c1-17(2)14-27(19-12-13-32(29,30)16-19)22(28)15-31-24-21-11-7-6-10-20(21)23(25-26-24)18-8-4-3-5-9-18/h3-11,17,19H,12-16H2,1-2H3/t19-/m1/s1. The molecule has 32 heavy (non-hydrogen) atoms. The van der Waals surface area contributed by atoms with Crippen LogP contribution in [0.2, 0.25) is 0 Å². The van der Waals surface area contributed by atoms with Crippen LogP contribution in [0.25, 0.3) is 22.0 Å². The molecule has 1 aliphatic rings. The summed E-state index contributed by atoms with van der Waals surface area (Å²) in [5.74, 6) is 0.628. The van der Waals surface area contributed by atoms with Crippen LogP contribution in [0.1, 0.15) is 20.3 Å². The Labute approximate surface area is 193 Å². The molecule has 8 heteroatoms. The average Bonchev–Trinajstić information content (AvgIpc) is 3.15. The summed E-state index contributed by atoms with van der Waals surface area (Å²) >= 11 is 1.36. The van der Waals surface area contributed by atoms with Crippen molar-refractivity contribution in [2.24, 2.45) is 5.92 Å². The third-order valence-corrected chi connectivity index (χ3v) is 8.28. The second kappa shape index (κ2) is 9.58. The molecule has 1 fully saturated rings. The number of hydrogen-bond donors (Lipinski definition) is 0. The molecule has 168 valence electrons. The van der Waals surface area contributed by atoms with Gasteiger partial charge in [0.05, 0.1) is 17.3 Å². The van der Waals surface area contributed by atoms with Gasteiger partial charge in [-0.2, -0.15) is 0 Å². The third kappa shape index (κ3) is 5.13. The van der Waals surface area contributed by atoms with Crippen molar-refractivity contribution in [2.45, 2.75) is 31.3 Å². The van der Waals surface area contributed by atoms with Gasteiger partial charge in [0.2, 0.25) is 5.91 Å². The van der Waals surface area contributed by atoms with Crippen molar-refractivity contribution in [3.63, 3.8) is 0 Å². The van der Waals surface area contributed by atoms with E-state index in [0.29, 0.717) is 18.0 Å². The SMILES string of the molecule is CC(C)CN(C(=O)CSc1nnc(-c2ccccc2)c2ccccc12)[C@@H]1CCS(=O)(=O)C1. The van der Waals surface area contributed by atoms with E-state index in [1.54, 1.807) is 4.90 Å². The molecule has 0 radical (unpaired) electrons. The maximum Gasteiger partial charge on any atom is 0.233 e. The van der Waals surface area contributed by atoms with E-state index < -0.39 is 9.84 Å². The van der Waals surface area contributed by atoms with Crippen LogP contribution in [0.3, 0.4) is 0 Å². The number of thioether (sulfide) groups is 1. The van der Waals surface area contributed by atoms with E-state index in [1.165, 1.54) is 11.8 Å². The minimum Gasteiger partial charge on any atom is -0.338 e. The first-order valence-electron chi connectivity index (χ1n) is 10.8. The summed E-state index contributed by atoms with van der Waals surface area (Å²) in [7, 11) is -3.06. The van der Waals surface area contributed by atoms with Crippen LogP contribution in [-0.4, -0.2) is 59.3 Å². The topological polar surface area (TPSA) is 80.2 Å². The molecule has 0 N–H and O–H groups in total. The van der Waals surface area contributed by atoms with Crippen LogP contribution in [0.4, 0.5) is 0 Å². The van der Waals surface area contributed by atoms with E-state index in [0.717, 1.165) is 22.0 Å². The first-order chi connectivity index (χ1) is 15.3. The van der Waals surface area contributed by atoms with Gasteiger partial charge in [0.25, 0.3) is 0 Å². The first-order valence-corrected chi connectivity index (χ1v) is 13.6. The maximum atomic E-state index is 13.1. The Bertz CT molecular complexity index is 1210. The zero-order valence-electron chi connectivity index (χ0n) is 18.3. The lowest BCUT2D eigenvalue weighted by atomic mass is 10.1. The van der Waals surface area contributed by atoms with Gasteiger partial charge in [-0.25, -0.2) is 8.42 Å². The van der Waals surface area contributed by atoms with Crippen LogP contribution in [-0.2, 0) is 14.6 Å². The van der Waals surface area contributed by atoms with Gasteiger partial charge in [0.1, 0.15) is 10.7 Å². The fraction of sp³-hybridized carbons (Fsp3) is 0.375. The van der Waals surface area contributed by atoms with Crippen molar-refractivity contribution in [3.8, 4) is 11.3 Å². The molecule has 0 saturated carbocycles. The van der Waals surface area contributed by atoms with Crippen molar-refractivity contribution in [1.29, 1.82) is 0 Å². The lowest BCUT2D eigenvalue weighted by molar-refractivity contribution is -0.130. The molecule has 6 nitrogen and oxygen atoms in total. The molecule has 3 aromatic rings. The third-order valence-electron chi connectivity index (χ3n) is 5.56. The summed E-state index contributed by atoms with van der Waals surface area (Å²) in [5.41, 5.74) is 1.81. The predicted octanol–water partition coefficient (Wildman–Crippen LogP) is 4.06. The van der Waals surface area contributed by atoms with Gasteiger partial charge in [-0.3, -0.25) is 4.79 Å². The molecule has 2 aromatic carbocycles. The molecule has 2 heterocycles. The second-order valence-corrected chi connectivity index (χ2v) is 11.7. The van der Waals surface area contributed by atoms with E-state index in [-0.39, 0.29) is 35.1 Å². The molecule has 1 amide bonds. The van der Waals surface area contributed by atoms with Crippen molar-refractivity contribution in [2.75, 3.05) is 23.8 Å². The fourth-order valence-corrected chi connectivity index (χ4v) is 6.67. The lowest BCUT2D eigenvalue weighted by Crippen LogP contribution is -2.44. The molecule has 0 aliphatic carbocycles. The molecule has 4 rings (SSSR count). The number of rotatable bonds is 7. The Morgan fingerprint density at radius 1 is 1.06 bits per heavy atom. The Balaban J connectivity index is 1.56. The summed E-state index contributed by atoms with van der Waals surface area (Å²) in [5, 5.41) is 11.6. The fourth-order valence-electron chi connectivity index (χ4n) is 4.08. The van der Waals surface area contributed by atoms with Crippen molar-refractivity contribution >= 4 is 38.3 Å². The molecular formula is C24H27N3O3S2. The van der Waals surface area contributed by atoms with Crippen LogP contribution >= 0.6 is 11.8 Å². The van der Waals surface area contributed by atoms with Crippen LogP contribution in [0.5, 0.6) is 0 Å². The number of carbonyl (C=O) groups is 1. The zero-order valence-corrected chi connectivity index (χ0v) is 19.9. The minimum absolute atomic E-state index is 0.0520. The van der Waals surface area contributed by atoms with Crippen molar-refractivity contribution in [1.82, 2.24) is 15.1 Å². The monoisotopic (exact) mass is 469 g/mol. The van der Waals surface area contributed by atoms with E-state index in [1.807, 2.05) is 68.4 Å². The number of nitrogens with zero attached hydrogens (tertiary/aromatic N) is 3. The van der Waals surface area contributed by atoms with Crippen molar-refractivity contribution < 1.29 is 13.2 Å². The zero-order chi connectivity index (χ0) is 22.7. The summed E-state index contributed by atoms with van der Waals surface area (Å²) in [6.45, 7) is 4.63. The van der Waals surface area contributed by atoms with Gasteiger partial charge in [-0.05, 0) is 12.3 Å². The molecule has 0 spiro atoms. The summed E-state index contributed by atoms with van der Waals surface area (Å²) in [6.07, 6.45) is 0.514. The Morgan fingerprint density at radius 3 is 2.41 bits per heavy atom. The molecule has 1 atom stereocenters. The quantitative estimate of drug-likeness (QED) is 0.486. The highest BCUT2D eigenvalue weighted by Crippen LogP contribution is 2.32. The number of amides is 1. The van der Waals surface area contributed by atoms with Gasteiger partial charge in [0.15, 0.2) is 9.84 Å². The highest BCUT2D eigenvalue weighted by Gasteiger charge is 2.34. The molecule has 1 aliphatic heterocycles. The van der Waals surface area contributed by atoms with E-state index in [2.05, 4.69) is 10.2 Å². The number of hydrogen-bond acceptors (Lipinski definition) is 6. The number of carbonyl (C=O) groups excluding carboxylic acids is 1. The molecular weight excluding hydrogens is 442 g/mol. The number of aromatic nitrogens is 2. The molecule has 0 bridgehead atoms. The van der Waals surface area contributed by atoms with Crippen molar-refractivity contribution in [3.05, 3.63) is 54.6 Å². The predicted molar refractivity (Wildman–Crippen MR) is 129 cm³/mol. The van der Waals surface area contributed by atoms with Gasteiger partial charge >= 0.3 is 0 Å².